The Bertz CT molecular complexity index is 405. The number of hydrogen-bond donors (Lipinski definition) is 0. The molecule has 0 fully saturated rings. The number of nitrogens with zero attached hydrogens (tertiary/aromatic N) is 1. The lowest BCUT2D eigenvalue weighted by atomic mass is 9.98. The van der Waals surface area contributed by atoms with Crippen molar-refractivity contribution >= 4 is 17.4 Å². The van der Waals surface area contributed by atoms with Crippen LogP contribution in [0.15, 0.2) is 36.0 Å². The first-order valence-corrected chi connectivity index (χ1v) is 7.94. The molecule has 0 rings (SSSR count). The van der Waals surface area contributed by atoms with Crippen LogP contribution < -0.4 is 0 Å². The molecule has 0 bridgehead atoms. The first-order chi connectivity index (χ1) is 9.70. The van der Waals surface area contributed by atoms with Crippen molar-refractivity contribution in [3.8, 4) is 0 Å². The Morgan fingerprint density at radius 2 is 1.81 bits per heavy atom. The Balaban J connectivity index is 4.35. The minimum absolute atomic E-state index is 0.405. The van der Waals surface area contributed by atoms with Gasteiger partial charge in [0, 0.05) is 14.1 Å². The van der Waals surface area contributed by atoms with Gasteiger partial charge < -0.3 is 9.64 Å². The maximum atomic E-state index is 5.84. The van der Waals surface area contributed by atoms with Crippen LogP contribution in [0.5, 0.6) is 0 Å². The van der Waals surface area contributed by atoms with E-state index in [4.69, 9.17) is 17.0 Å². The van der Waals surface area contributed by atoms with E-state index in [-0.39, 0.29) is 0 Å². The molecule has 0 amide bonds. The van der Waals surface area contributed by atoms with E-state index in [2.05, 4.69) is 39.5 Å². The van der Waals surface area contributed by atoms with E-state index in [1.54, 1.807) is 4.90 Å². The molecule has 0 aliphatic rings. The lowest BCUT2D eigenvalue weighted by molar-refractivity contribution is 0.103. The monoisotopic (exact) mass is 309 g/mol. The second-order valence-electron chi connectivity index (χ2n) is 6.19. The Morgan fingerprint density at radius 3 is 2.29 bits per heavy atom. The van der Waals surface area contributed by atoms with Crippen molar-refractivity contribution in [3.05, 3.63) is 36.0 Å². The quantitative estimate of drug-likeness (QED) is 0.448. The molecule has 1 atom stereocenters. The van der Waals surface area contributed by atoms with Gasteiger partial charge in [-0.1, -0.05) is 29.9 Å². The van der Waals surface area contributed by atoms with Gasteiger partial charge in [0.15, 0.2) is 0 Å². The predicted octanol–water partition coefficient (Wildman–Crippen LogP) is 5.27. The fourth-order valence-electron chi connectivity index (χ4n) is 1.78. The molecule has 120 valence electrons. The molecule has 21 heavy (non-hydrogen) atoms. The highest BCUT2D eigenvalue weighted by Gasteiger charge is 2.23. The molecule has 3 heteroatoms. The van der Waals surface area contributed by atoms with Gasteiger partial charge in [-0.05, 0) is 71.7 Å². The van der Waals surface area contributed by atoms with Gasteiger partial charge >= 0.3 is 0 Å². The predicted molar refractivity (Wildman–Crippen MR) is 97.6 cm³/mol. The number of hydrogen-bond acceptors (Lipinski definition) is 2. The van der Waals surface area contributed by atoms with Gasteiger partial charge in [-0.2, -0.15) is 0 Å². The zero-order chi connectivity index (χ0) is 16.5. The van der Waals surface area contributed by atoms with Gasteiger partial charge in [0.2, 0.25) is 0 Å². The summed E-state index contributed by atoms with van der Waals surface area (Å²) < 4.78 is 5.84. The third-order valence-corrected chi connectivity index (χ3v) is 3.79. The Hall–Kier alpha value is -1.09. The summed E-state index contributed by atoms with van der Waals surface area (Å²) >= 11 is 5.21. The van der Waals surface area contributed by atoms with Gasteiger partial charge in [0.1, 0.15) is 5.60 Å². The maximum absolute atomic E-state index is 5.84. The van der Waals surface area contributed by atoms with Crippen LogP contribution in [0.1, 0.15) is 53.4 Å². The molecule has 0 saturated heterocycles. The van der Waals surface area contributed by atoms with E-state index >= 15 is 0 Å². The van der Waals surface area contributed by atoms with Crippen LogP contribution in [0.2, 0.25) is 0 Å². The SMILES string of the molecule is C=C[C@](C)(CCC=C(C)CCC=C(C)C)OC(=S)N(C)C. The molecule has 0 aliphatic carbocycles. The Labute approximate surface area is 136 Å². The topological polar surface area (TPSA) is 12.5 Å². The van der Waals surface area contributed by atoms with Crippen LogP contribution in [0, 0.1) is 0 Å². The molecule has 0 aromatic heterocycles. The first kappa shape index (κ1) is 19.9. The van der Waals surface area contributed by atoms with Crippen molar-refractivity contribution in [2.75, 3.05) is 14.1 Å². The summed E-state index contributed by atoms with van der Waals surface area (Å²) in [5, 5.41) is 0.502. The molecule has 0 aromatic rings. The second-order valence-corrected chi connectivity index (χ2v) is 6.54. The molecular formula is C18H31NOS. The van der Waals surface area contributed by atoms with E-state index < -0.39 is 5.60 Å². The standard InChI is InChI=1S/C18H31NOS/c1-8-18(5,20-17(21)19(6)7)14-10-13-16(4)12-9-11-15(2)3/h8,11,13H,1,9-10,12,14H2,2-7H3/t18-/m1/s1. The molecule has 0 heterocycles. The van der Waals surface area contributed by atoms with Gasteiger partial charge in [0.05, 0.1) is 0 Å². The van der Waals surface area contributed by atoms with Crippen molar-refractivity contribution in [2.24, 2.45) is 0 Å². The number of thiocarbonyl (C=S) groups is 1. The summed E-state index contributed by atoms with van der Waals surface area (Å²) in [6, 6.07) is 0. The van der Waals surface area contributed by atoms with E-state index in [0.717, 1.165) is 25.7 Å². The summed E-state index contributed by atoms with van der Waals surface area (Å²) in [7, 11) is 3.78. The van der Waals surface area contributed by atoms with Crippen molar-refractivity contribution in [2.45, 2.75) is 59.0 Å². The molecule has 0 aromatic carbocycles. The highest BCUT2D eigenvalue weighted by atomic mass is 32.1. The number of allylic oxidation sites excluding steroid dienone is 4. The lowest BCUT2D eigenvalue weighted by Gasteiger charge is -2.29. The van der Waals surface area contributed by atoms with Gasteiger partial charge in [-0.3, -0.25) is 0 Å². The molecule has 0 saturated carbocycles. The van der Waals surface area contributed by atoms with Crippen molar-refractivity contribution < 1.29 is 4.74 Å². The normalized spacial score (nSPS) is 14.1. The summed E-state index contributed by atoms with van der Waals surface area (Å²) in [5.74, 6) is 0. The van der Waals surface area contributed by atoms with Crippen LogP contribution >= 0.6 is 12.2 Å². The van der Waals surface area contributed by atoms with Gasteiger partial charge in [0.25, 0.3) is 5.17 Å². The molecule has 0 aliphatic heterocycles. The van der Waals surface area contributed by atoms with Crippen molar-refractivity contribution in [1.29, 1.82) is 0 Å². The molecule has 0 radical (unpaired) electrons. The molecule has 0 N–H and O–H groups in total. The smallest absolute Gasteiger partial charge is 0.259 e. The van der Waals surface area contributed by atoms with Gasteiger partial charge in [-0.25, -0.2) is 0 Å². The third-order valence-electron chi connectivity index (χ3n) is 3.34. The molecule has 0 unspecified atom stereocenters. The van der Waals surface area contributed by atoms with Crippen LogP contribution in [-0.2, 0) is 4.74 Å². The Morgan fingerprint density at radius 1 is 1.19 bits per heavy atom. The van der Waals surface area contributed by atoms with Crippen LogP contribution in [-0.4, -0.2) is 29.8 Å². The zero-order valence-electron chi connectivity index (χ0n) is 14.5. The lowest BCUT2D eigenvalue weighted by Crippen LogP contribution is -2.34. The average Bonchev–Trinajstić information content (AvgIpc) is 2.38. The highest BCUT2D eigenvalue weighted by molar-refractivity contribution is 7.80. The average molecular weight is 310 g/mol. The fraction of sp³-hybridized carbons (Fsp3) is 0.611. The zero-order valence-corrected chi connectivity index (χ0v) is 15.3. The fourth-order valence-corrected chi connectivity index (χ4v) is 1.97. The van der Waals surface area contributed by atoms with Crippen molar-refractivity contribution in [1.82, 2.24) is 4.90 Å². The van der Waals surface area contributed by atoms with E-state index in [0.29, 0.717) is 5.17 Å². The van der Waals surface area contributed by atoms with Gasteiger partial charge in [-0.15, -0.1) is 0 Å². The highest BCUT2D eigenvalue weighted by Crippen LogP contribution is 2.21. The number of ether oxygens (including phenoxy) is 1. The van der Waals surface area contributed by atoms with Crippen LogP contribution in [0.3, 0.4) is 0 Å². The first-order valence-electron chi connectivity index (χ1n) is 7.53. The van der Waals surface area contributed by atoms with E-state index in [1.165, 1.54) is 11.1 Å². The third kappa shape index (κ3) is 9.46. The number of rotatable bonds is 8. The minimum atomic E-state index is -0.405. The van der Waals surface area contributed by atoms with E-state index in [9.17, 15) is 0 Å². The van der Waals surface area contributed by atoms with Crippen molar-refractivity contribution in [3.63, 3.8) is 0 Å². The largest absolute Gasteiger partial charge is 0.460 e. The summed E-state index contributed by atoms with van der Waals surface area (Å²) in [6.07, 6.45) is 10.5. The minimum Gasteiger partial charge on any atom is -0.460 e. The molecular weight excluding hydrogens is 278 g/mol. The summed E-state index contributed by atoms with van der Waals surface area (Å²) in [4.78, 5) is 1.80. The summed E-state index contributed by atoms with van der Waals surface area (Å²) in [6.45, 7) is 12.4. The van der Waals surface area contributed by atoms with E-state index in [1.807, 2.05) is 27.1 Å². The molecule has 0 spiro atoms. The summed E-state index contributed by atoms with van der Waals surface area (Å²) in [5.41, 5.74) is 2.40. The maximum Gasteiger partial charge on any atom is 0.259 e. The molecule has 2 nitrogen and oxygen atoms in total. The Kier molecular flexibility index (Phi) is 9.27. The second kappa shape index (κ2) is 9.78. The van der Waals surface area contributed by atoms with Crippen LogP contribution in [0.4, 0.5) is 0 Å². The van der Waals surface area contributed by atoms with Crippen LogP contribution in [0.25, 0.3) is 0 Å².